The quantitative estimate of drug-likeness (QED) is 0.496. The lowest BCUT2D eigenvalue weighted by atomic mass is 9.93. The molecule has 0 spiro atoms. The molecule has 0 aliphatic rings. The van der Waals surface area contributed by atoms with Crippen LogP contribution >= 0.6 is 0 Å². The van der Waals surface area contributed by atoms with Crippen LogP contribution in [0.4, 0.5) is 0 Å². The fourth-order valence-electron chi connectivity index (χ4n) is 1.62. The number of rotatable bonds is 7. The Balaban J connectivity index is 3.66. The molecule has 78 valence electrons. The minimum absolute atomic E-state index is 0.840. The van der Waals surface area contributed by atoms with Gasteiger partial charge in [-0.15, -0.1) is 0 Å². The van der Waals surface area contributed by atoms with E-state index in [0.717, 1.165) is 11.8 Å². The van der Waals surface area contributed by atoms with Gasteiger partial charge in [-0.3, -0.25) is 0 Å². The summed E-state index contributed by atoms with van der Waals surface area (Å²) in [6, 6.07) is 0. The summed E-state index contributed by atoms with van der Waals surface area (Å²) < 4.78 is 0. The van der Waals surface area contributed by atoms with Crippen molar-refractivity contribution in [2.75, 3.05) is 0 Å². The molecule has 0 heteroatoms. The van der Waals surface area contributed by atoms with E-state index < -0.39 is 0 Å². The molecule has 1 unspecified atom stereocenters. The largest absolute Gasteiger partial charge is 0.0914 e. The molecule has 0 aromatic carbocycles. The standard InChI is InChI=1S/C13H26/c1-5-7-9-13(8-6-2)11-10-12(3)4/h6,8,12-13H,5,7,9-11H2,1-4H3/b8-6+. The molecule has 13 heavy (non-hydrogen) atoms. The van der Waals surface area contributed by atoms with Gasteiger partial charge in [-0.2, -0.15) is 0 Å². The average molecular weight is 182 g/mol. The fourth-order valence-corrected chi connectivity index (χ4v) is 1.62. The van der Waals surface area contributed by atoms with Crippen molar-refractivity contribution in [2.45, 2.75) is 59.8 Å². The van der Waals surface area contributed by atoms with Crippen molar-refractivity contribution in [1.29, 1.82) is 0 Å². The van der Waals surface area contributed by atoms with Gasteiger partial charge in [0.15, 0.2) is 0 Å². The molecule has 0 saturated heterocycles. The van der Waals surface area contributed by atoms with Crippen LogP contribution in [-0.2, 0) is 0 Å². The highest BCUT2D eigenvalue weighted by Gasteiger charge is 2.04. The lowest BCUT2D eigenvalue weighted by molar-refractivity contribution is 0.449. The highest BCUT2D eigenvalue weighted by atomic mass is 14.1. The maximum atomic E-state index is 2.39. The summed E-state index contributed by atoms with van der Waals surface area (Å²) in [6.45, 7) is 9.03. The van der Waals surface area contributed by atoms with Crippen molar-refractivity contribution in [3.05, 3.63) is 12.2 Å². The van der Waals surface area contributed by atoms with Gasteiger partial charge < -0.3 is 0 Å². The van der Waals surface area contributed by atoms with Crippen LogP contribution in [0.25, 0.3) is 0 Å². The molecule has 0 saturated carbocycles. The van der Waals surface area contributed by atoms with E-state index in [2.05, 4.69) is 39.8 Å². The predicted octanol–water partition coefficient (Wildman–Crippen LogP) is 4.81. The van der Waals surface area contributed by atoms with E-state index in [-0.39, 0.29) is 0 Å². The Hall–Kier alpha value is -0.260. The summed E-state index contributed by atoms with van der Waals surface area (Å²) >= 11 is 0. The molecule has 0 aliphatic heterocycles. The molecular weight excluding hydrogens is 156 g/mol. The monoisotopic (exact) mass is 182 g/mol. The Morgan fingerprint density at radius 1 is 1.08 bits per heavy atom. The zero-order valence-electron chi connectivity index (χ0n) is 9.84. The summed E-state index contributed by atoms with van der Waals surface area (Å²) in [5.74, 6) is 1.70. The normalized spacial score (nSPS) is 14.2. The summed E-state index contributed by atoms with van der Waals surface area (Å²) in [5, 5.41) is 0. The third-order valence-electron chi connectivity index (χ3n) is 2.51. The molecular formula is C13H26. The van der Waals surface area contributed by atoms with Crippen LogP contribution in [-0.4, -0.2) is 0 Å². The van der Waals surface area contributed by atoms with E-state index in [4.69, 9.17) is 0 Å². The van der Waals surface area contributed by atoms with Crippen LogP contribution in [0.5, 0.6) is 0 Å². The van der Waals surface area contributed by atoms with Gasteiger partial charge in [-0.05, 0) is 31.6 Å². The smallest absolute Gasteiger partial charge is 0.0234 e. The second-order valence-corrected chi connectivity index (χ2v) is 4.40. The SMILES string of the molecule is C/C=C/C(CCCC)CCC(C)C. The van der Waals surface area contributed by atoms with Gasteiger partial charge in [0.05, 0.1) is 0 Å². The molecule has 0 rings (SSSR count). The number of unbranched alkanes of at least 4 members (excludes halogenated alkanes) is 1. The molecule has 0 radical (unpaired) electrons. The minimum Gasteiger partial charge on any atom is -0.0914 e. The third-order valence-corrected chi connectivity index (χ3v) is 2.51. The molecule has 0 aromatic rings. The summed E-state index contributed by atoms with van der Waals surface area (Å²) in [7, 11) is 0. The van der Waals surface area contributed by atoms with Gasteiger partial charge >= 0.3 is 0 Å². The Morgan fingerprint density at radius 3 is 2.23 bits per heavy atom. The summed E-state index contributed by atoms with van der Waals surface area (Å²) in [5.41, 5.74) is 0. The van der Waals surface area contributed by atoms with E-state index in [1.807, 2.05) is 0 Å². The van der Waals surface area contributed by atoms with E-state index in [1.54, 1.807) is 0 Å². The topological polar surface area (TPSA) is 0 Å². The summed E-state index contributed by atoms with van der Waals surface area (Å²) in [6.07, 6.45) is 11.4. The Bertz CT molecular complexity index is 122. The first-order chi connectivity index (χ1) is 6.20. The minimum atomic E-state index is 0.840. The predicted molar refractivity (Wildman–Crippen MR) is 61.9 cm³/mol. The Morgan fingerprint density at radius 2 is 1.77 bits per heavy atom. The van der Waals surface area contributed by atoms with Crippen LogP contribution in [0.1, 0.15) is 59.8 Å². The highest BCUT2D eigenvalue weighted by Crippen LogP contribution is 2.19. The zero-order valence-corrected chi connectivity index (χ0v) is 9.84. The number of hydrogen-bond donors (Lipinski definition) is 0. The van der Waals surface area contributed by atoms with Crippen molar-refractivity contribution in [1.82, 2.24) is 0 Å². The highest BCUT2D eigenvalue weighted by molar-refractivity contribution is 4.85. The van der Waals surface area contributed by atoms with Crippen molar-refractivity contribution >= 4 is 0 Å². The van der Waals surface area contributed by atoms with Gasteiger partial charge in [0, 0.05) is 0 Å². The van der Waals surface area contributed by atoms with Gasteiger partial charge in [0.2, 0.25) is 0 Å². The van der Waals surface area contributed by atoms with Gasteiger partial charge in [0.1, 0.15) is 0 Å². The van der Waals surface area contributed by atoms with Crippen molar-refractivity contribution in [2.24, 2.45) is 11.8 Å². The van der Waals surface area contributed by atoms with Crippen LogP contribution in [0.15, 0.2) is 12.2 Å². The van der Waals surface area contributed by atoms with E-state index >= 15 is 0 Å². The van der Waals surface area contributed by atoms with Crippen molar-refractivity contribution in [3.63, 3.8) is 0 Å². The second-order valence-electron chi connectivity index (χ2n) is 4.40. The van der Waals surface area contributed by atoms with Crippen LogP contribution < -0.4 is 0 Å². The molecule has 1 atom stereocenters. The Labute approximate surface area is 84.4 Å². The maximum absolute atomic E-state index is 2.39. The van der Waals surface area contributed by atoms with E-state index in [0.29, 0.717) is 0 Å². The second kappa shape index (κ2) is 8.34. The van der Waals surface area contributed by atoms with Gasteiger partial charge in [-0.25, -0.2) is 0 Å². The lowest BCUT2D eigenvalue weighted by Gasteiger charge is -2.13. The molecule has 0 N–H and O–H groups in total. The van der Waals surface area contributed by atoms with Crippen LogP contribution in [0, 0.1) is 11.8 Å². The van der Waals surface area contributed by atoms with E-state index in [1.165, 1.54) is 32.1 Å². The first kappa shape index (κ1) is 12.7. The lowest BCUT2D eigenvalue weighted by Crippen LogP contribution is -1.99. The van der Waals surface area contributed by atoms with Gasteiger partial charge in [-0.1, -0.05) is 52.2 Å². The first-order valence-corrected chi connectivity index (χ1v) is 5.83. The molecule has 0 amide bonds. The number of allylic oxidation sites excluding steroid dienone is 2. The molecule has 0 aromatic heterocycles. The molecule has 0 aliphatic carbocycles. The average Bonchev–Trinajstić information content (AvgIpc) is 2.09. The Kier molecular flexibility index (Phi) is 8.18. The van der Waals surface area contributed by atoms with Crippen LogP contribution in [0.3, 0.4) is 0 Å². The van der Waals surface area contributed by atoms with Crippen LogP contribution in [0.2, 0.25) is 0 Å². The van der Waals surface area contributed by atoms with Gasteiger partial charge in [0.25, 0.3) is 0 Å². The first-order valence-electron chi connectivity index (χ1n) is 5.83. The number of hydrogen-bond acceptors (Lipinski definition) is 0. The molecule has 0 bridgehead atoms. The maximum Gasteiger partial charge on any atom is -0.0234 e. The zero-order chi connectivity index (χ0) is 10.1. The molecule has 0 nitrogen and oxygen atoms in total. The molecule has 0 heterocycles. The van der Waals surface area contributed by atoms with Crippen molar-refractivity contribution in [3.8, 4) is 0 Å². The summed E-state index contributed by atoms with van der Waals surface area (Å²) in [4.78, 5) is 0. The van der Waals surface area contributed by atoms with Crippen molar-refractivity contribution < 1.29 is 0 Å². The molecule has 0 fully saturated rings. The fraction of sp³-hybridized carbons (Fsp3) is 0.846. The third kappa shape index (κ3) is 8.08. The van der Waals surface area contributed by atoms with E-state index in [9.17, 15) is 0 Å².